The molecular weight excluding hydrogens is 204 g/mol. The maximum absolute atomic E-state index is 11.8. The molecule has 4 nitrogen and oxygen atoms in total. The number of nitrogens with zero attached hydrogens (tertiary/aromatic N) is 2. The zero-order valence-corrected chi connectivity index (χ0v) is 10.3. The number of hydrogen-bond acceptors (Lipinski definition) is 3. The van der Waals surface area contributed by atoms with Crippen LogP contribution in [0.25, 0.3) is 0 Å². The van der Waals surface area contributed by atoms with Crippen LogP contribution in [0.3, 0.4) is 0 Å². The van der Waals surface area contributed by atoms with Gasteiger partial charge in [-0.1, -0.05) is 20.8 Å². The molecule has 1 aromatic rings. The molecule has 1 rings (SSSR count). The third kappa shape index (κ3) is 3.02. The predicted molar refractivity (Wildman–Crippen MR) is 61.3 cm³/mol. The van der Waals surface area contributed by atoms with E-state index in [1.165, 1.54) is 6.20 Å². The third-order valence-electron chi connectivity index (χ3n) is 2.44. The number of Topliss-reactive ketones (excluding diaryl/α,β-unsaturated/α-hetero) is 2. The standard InChI is InChI=1S/C12H18N2O2/c1-5-14-8-9(7-13-14)10(15)6-11(16)12(2,3)4/h7-8H,5-6H2,1-4H3. The summed E-state index contributed by atoms with van der Waals surface area (Å²) in [5.74, 6) is -0.193. The maximum atomic E-state index is 11.8. The van der Waals surface area contributed by atoms with Gasteiger partial charge < -0.3 is 0 Å². The summed E-state index contributed by atoms with van der Waals surface area (Å²) in [6.45, 7) is 8.12. The van der Waals surface area contributed by atoms with Gasteiger partial charge in [0.2, 0.25) is 0 Å². The molecule has 0 saturated carbocycles. The molecule has 0 amide bonds. The van der Waals surface area contributed by atoms with E-state index in [9.17, 15) is 9.59 Å². The van der Waals surface area contributed by atoms with Crippen molar-refractivity contribution in [2.75, 3.05) is 0 Å². The van der Waals surface area contributed by atoms with Gasteiger partial charge in [0.15, 0.2) is 5.78 Å². The quantitative estimate of drug-likeness (QED) is 0.579. The van der Waals surface area contributed by atoms with Crippen LogP contribution in [0.2, 0.25) is 0 Å². The Bertz CT molecular complexity index is 399. The van der Waals surface area contributed by atoms with Gasteiger partial charge in [-0.2, -0.15) is 5.10 Å². The minimum Gasteiger partial charge on any atom is -0.299 e. The fraction of sp³-hybridized carbons (Fsp3) is 0.583. The van der Waals surface area contributed by atoms with Gasteiger partial charge in [-0.15, -0.1) is 0 Å². The average molecular weight is 222 g/mol. The Balaban J connectivity index is 2.69. The molecule has 0 aromatic carbocycles. The Morgan fingerprint density at radius 3 is 2.44 bits per heavy atom. The summed E-state index contributed by atoms with van der Waals surface area (Å²) in [5, 5.41) is 4.01. The molecule has 0 spiro atoms. The number of aromatic nitrogens is 2. The highest BCUT2D eigenvalue weighted by Crippen LogP contribution is 2.18. The van der Waals surface area contributed by atoms with E-state index in [1.807, 2.05) is 27.7 Å². The SMILES string of the molecule is CCn1cc(C(=O)CC(=O)C(C)(C)C)cn1. The highest BCUT2D eigenvalue weighted by Gasteiger charge is 2.24. The van der Waals surface area contributed by atoms with Crippen LogP contribution in [0.15, 0.2) is 12.4 Å². The summed E-state index contributed by atoms with van der Waals surface area (Å²) in [6.07, 6.45) is 3.15. The van der Waals surface area contributed by atoms with Crippen molar-refractivity contribution in [2.45, 2.75) is 40.7 Å². The minimum absolute atomic E-state index is 0.0400. The van der Waals surface area contributed by atoms with E-state index >= 15 is 0 Å². The van der Waals surface area contributed by atoms with Gasteiger partial charge in [0, 0.05) is 18.2 Å². The van der Waals surface area contributed by atoms with Crippen molar-refractivity contribution in [3.05, 3.63) is 18.0 Å². The van der Waals surface area contributed by atoms with Gasteiger partial charge >= 0.3 is 0 Å². The number of carbonyl (C=O) groups is 2. The second-order valence-corrected chi connectivity index (χ2v) is 4.86. The molecule has 4 heteroatoms. The molecule has 0 aliphatic carbocycles. The van der Waals surface area contributed by atoms with Crippen LogP contribution in [0.4, 0.5) is 0 Å². The summed E-state index contributed by atoms with van der Waals surface area (Å²) in [6, 6.07) is 0. The zero-order chi connectivity index (χ0) is 12.3. The Morgan fingerprint density at radius 1 is 1.38 bits per heavy atom. The summed E-state index contributed by atoms with van der Waals surface area (Å²) in [7, 11) is 0. The van der Waals surface area contributed by atoms with Crippen LogP contribution in [-0.2, 0) is 11.3 Å². The Morgan fingerprint density at radius 2 is 2.00 bits per heavy atom. The van der Waals surface area contributed by atoms with E-state index in [0.717, 1.165) is 6.54 Å². The number of hydrogen-bond donors (Lipinski definition) is 0. The smallest absolute Gasteiger partial charge is 0.173 e. The molecule has 0 bridgehead atoms. The Kier molecular flexibility index (Phi) is 3.62. The monoisotopic (exact) mass is 222 g/mol. The van der Waals surface area contributed by atoms with Crippen molar-refractivity contribution in [2.24, 2.45) is 5.41 Å². The van der Waals surface area contributed by atoms with E-state index in [1.54, 1.807) is 10.9 Å². The van der Waals surface area contributed by atoms with Crippen molar-refractivity contribution in [3.8, 4) is 0 Å². The molecular formula is C12H18N2O2. The van der Waals surface area contributed by atoms with E-state index in [-0.39, 0.29) is 18.0 Å². The number of carbonyl (C=O) groups excluding carboxylic acids is 2. The van der Waals surface area contributed by atoms with Crippen LogP contribution in [0.5, 0.6) is 0 Å². The van der Waals surface area contributed by atoms with Gasteiger partial charge in [0.1, 0.15) is 5.78 Å². The van der Waals surface area contributed by atoms with E-state index in [0.29, 0.717) is 5.56 Å². The van der Waals surface area contributed by atoms with Crippen molar-refractivity contribution < 1.29 is 9.59 Å². The van der Waals surface area contributed by atoms with Crippen LogP contribution >= 0.6 is 0 Å². The zero-order valence-electron chi connectivity index (χ0n) is 10.3. The van der Waals surface area contributed by atoms with Gasteiger partial charge in [-0.25, -0.2) is 0 Å². The lowest BCUT2D eigenvalue weighted by atomic mass is 9.87. The van der Waals surface area contributed by atoms with Crippen LogP contribution < -0.4 is 0 Å². The molecule has 1 aromatic heterocycles. The molecule has 0 radical (unpaired) electrons. The third-order valence-corrected chi connectivity index (χ3v) is 2.44. The van der Waals surface area contributed by atoms with Crippen LogP contribution in [0, 0.1) is 5.41 Å². The van der Waals surface area contributed by atoms with E-state index in [2.05, 4.69) is 5.10 Å². The predicted octanol–water partition coefficient (Wildman–Crippen LogP) is 2.09. The van der Waals surface area contributed by atoms with E-state index < -0.39 is 5.41 Å². The van der Waals surface area contributed by atoms with Crippen molar-refractivity contribution in [1.29, 1.82) is 0 Å². The first-order valence-electron chi connectivity index (χ1n) is 5.43. The Hall–Kier alpha value is -1.45. The number of rotatable bonds is 4. The second-order valence-electron chi connectivity index (χ2n) is 4.86. The second kappa shape index (κ2) is 4.60. The first-order valence-corrected chi connectivity index (χ1v) is 5.43. The first-order chi connectivity index (χ1) is 7.34. The van der Waals surface area contributed by atoms with Crippen LogP contribution in [0.1, 0.15) is 44.5 Å². The molecule has 88 valence electrons. The lowest BCUT2D eigenvalue weighted by Crippen LogP contribution is -2.22. The summed E-state index contributed by atoms with van der Waals surface area (Å²) in [5.41, 5.74) is 0.0515. The molecule has 0 saturated heterocycles. The molecule has 0 N–H and O–H groups in total. The van der Waals surface area contributed by atoms with Gasteiger partial charge in [-0.05, 0) is 6.92 Å². The highest BCUT2D eigenvalue weighted by molar-refractivity contribution is 6.09. The lowest BCUT2D eigenvalue weighted by molar-refractivity contribution is -0.125. The molecule has 1 heterocycles. The molecule has 16 heavy (non-hydrogen) atoms. The van der Waals surface area contributed by atoms with Crippen LogP contribution in [-0.4, -0.2) is 21.3 Å². The van der Waals surface area contributed by atoms with Gasteiger partial charge in [-0.3, -0.25) is 14.3 Å². The number of ketones is 2. The average Bonchev–Trinajstić information content (AvgIpc) is 2.64. The summed E-state index contributed by atoms with van der Waals surface area (Å²) < 4.78 is 1.68. The van der Waals surface area contributed by atoms with Crippen molar-refractivity contribution in [1.82, 2.24) is 9.78 Å². The normalized spacial score (nSPS) is 11.5. The molecule has 0 fully saturated rings. The van der Waals surface area contributed by atoms with E-state index in [4.69, 9.17) is 0 Å². The van der Waals surface area contributed by atoms with Crippen molar-refractivity contribution >= 4 is 11.6 Å². The maximum Gasteiger partial charge on any atom is 0.173 e. The molecule has 0 unspecified atom stereocenters. The largest absolute Gasteiger partial charge is 0.299 e. The van der Waals surface area contributed by atoms with Crippen molar-refractivity contribution in [3.63, 3.8) is 0 Å². The summed E-state index contributed by atoms with van der Waals surface area (Å²) >= 11 is 0. The minimum atomic E-state index is -0.462. The number of aryl methyl sites for hydroxylation is 1. The first kappa shape index (κ1) is 12.6. The van der Waals surface area contributed by atoms with Gasteiger partial charge in [0.05, 0.1) is 18.2 Å². The van der Waals surface area contributed by atoms with Gasteiger partial charge in [0.25, 0.3) is 0 Å². The molecule has 0 aliphatic heterocycles. The molecule has 0 atom stereocenters. The Labute approximate surface area is 95.6 Å². The topological polar surface area (TPSA) is 52.0 Å². The fourth-order valence-electron chi connectivity index (χ4n) is 1.19. The lowest BCUT2D eigenvalue weighted by Gasteiger charge is -2.15. The fourth-order valence-corrected chi connectivity index (χ4v) is 1.19. The molecule has 0 aliphatic rings. The summed E-state index contributed by atoms with van der Waals surface area (Å²) in [4.78, 5) is 23.4. The highest BCUT2D eigenvalue weighted by atomic mass is 16.1.